The first kappa shape index (κ1) is 12.0. The average molecular weight is 242 g/mol. The molecule has 0 spiro atoms. The fourth-order valence-corrected chi connectivity index (χ4v) is 1.74. The van der Waals surface area contributed by atoms with Crippen molar-refractivity contribution in [2.45, 2.75) is 0 Å². The van der Waals surface area contributed by atoms with Crippen molar-refractivity contribution in [1.82, 2.24) is 0 Å². The van der Waals surface area contributed by atoms with Gasteiger partial charge in [0, 0.05) is 11.6 Å². The first-order valence-corrected chi connectivity index (χ1v) is 5.43. The van der Waals surface area contributed by atoms with Crippen molar-refractivity contribution in [1.29, 1.82) is 0 Å². The SMILES string of the molecule is O=C(O)/C=C(\c1ccccc1)c1ccccc1F. The third kappa shape index (κ3) is 2.63. The summed E-state index contributed by atoms with van der Waals surface area (Å²) in [6.45, 7) is 0. The number of carbonyl (C=O) groups is 1. The zero-order chi connectivity index (χ0) is 13.0. The van der Waals surface area contributed by atoms with E-state index in [-0.39, 0.29) is 5.56 Å². The third-order valence-corrected chi connectivity index (χ3v) is 2.52. The molecule has 1 N–H and O–H groups in total. The van der Waals surface area contributed by atoms with Crippen molar-refractivity contribution in [3.8, 4) is 0 Å². The molecule has 2 aromatic carbocycles. The highest BCUT2D eigenvalue weighted by Crippen LogP contribution is 2.25. The number of benzene rings is 2. The largest absolute Gasteiger partial charge is 0.478 e. The summed E-state index contributed by atoms with van der Waals surface area (Å²) in [7, 11) is 0. The molecule has 0 saturated carbocycles. The molecular formula is C15H11FO2. The molecule has 0 radical (unpaired) electrons. The van der Waals surface area contributed by atoms with Gasteiger partial charge < -0.3 is 5.11 Å². The lowest BCUT2D eigenvalue weighted by Gasteiger charge is -2.08. The molecule has 18 heavy (non-hydrogen) atoms. The van der Waals surface area contributed by atoms with Crippen LogP contribution in [-0.4, -0.2) is 11.1 Å². The van der Waals surface area contributed by atoms with E-state index in [9.17, 15) is 9.18 Å². The van der Waals surface area contributed by atoms with Crippen LogP contribution in [0.15, 0.2) is 60.7 Å². The number of carboxylic acid groups (broad SMARTS) is 1. The van der Waals surface area contributed by atoms with Crippen LogP contribution in [0, 0.1) is 5.82 Å². The van der Waals surface area contributed by atoms with Crippen LogP contribution in [0.4, 0.5) is 4.39 Å². The molecular weight excluding hydrogens is 231 g/mol. The van der Waals surface area contributed by atoms with E-state index in [1.807, 2.05) is 6.07 Å². The van der Waals surface area contributed by atoms with Gasteiger partial charge in [-0.25, -0.2) is 9.18 Å². The molecule has 90 valence electrons. The highest BCUT2D eigenvalue weighted by Gasteiger charge is 2.10. The molecule has 0 bridgehead atoms. The van der Waals surface area contributed by atoms with E-state index < -0.39 is 11.8 Å². The number of hydrogen-bond donors (Lipinski definition) is 1. The zero-order valence-electron chi connectivity index (χ0n) is 9.51. The number of rotatable bonds is 3. The summed E-state index contributed by atoms with van der Waals surface area (Å²) >= 11 is 0. The highest BCUT2D eigenvalue weighted by atomic mass is 19.1. The lowest BCUT2D eigenvalue weighted by molar-refractivity contribution is -0.131. The maximum Gasteiger partial charge on any atom is 0.328 e. The molecule has 2 rings (SSSR count). The van der Waals surface area contributed by atoms with Crippen LogP contribution in [-0.2, 0) is 4.79 Å². The van der Waals surface area contributed by atoms with Gasteiger partial charge in [0.2, 0.25) is 0 Å². The smallest absolute Gasteiger partial charge is 0.328 e. The van der Waals surface area contributed by atoms with Gasteiger partial charge >= 0.3 is 5.97 Å². The first-order valence-electron chi connectivity index (χ1n) is 5.43. The van der Waals surface area contributed by atoms with Crippen LogP contribution in [0.25, 0.3) is 5.57 Å². The molecule has 0 unspecified atom stereocenters. The Labute approximate surface area is 104 Å². The number of aliphatic carboxylic acids is 1. The Bertz CT molecular complexity index is 588. The standard InChI is InChI=1S/C15H11FO2/c16-14-9-5-4-8-12(14)13(10-15(17)18)11-6-2-1-3-7-11/h1-10H,(H,17,18)/b13-10+. The van der Waals surface area contributed by atoms with E-state index >= 15 is 0 Å². The Hall–Kier alpha value is -2.42. The van der Waals surface area contributed by atoms with Gasteiger partial charge in [-0.1, -0.05) is 48.5 Å². The summed E-state index contributed by atoms with van der Waals surface area (Å²) in [5.41, 5.74) is 1.32. The Morgan fingerprint density at radius 3 is 2.22 bits per heavy atom. The van der Waals surface area contributed by atoms with Crippen molar-refractivity contribution < 1.29 is 14.3 Å². The average Bonchev–Trinajstić information content (AvgIpc) is 2.38. The first-order chi connectivity index (χ1) is 8.68. The summed E-state index contributed by atoms with van der Waals surface area (Å²) in [4.78, 5) is 10.9. The quantitative estimate of drug-likeness (QED) is 0.838. The van der Waals surface area contributed by atoms with Crippen LogP contribution in [0.3, 0.4) is 0 Å². The number of halogens is 1. The summed E-state index contributed by atoms with van der Waals surface area (Å²) in [5.74, 6) is -1.54. The summed E-state index contributed by atoms with van der Waals surface area (Å²) in [6, 6.07) is 15.0. The minimum absolute atomic E-state index is 0.283. The molecule has 0 aliphatic rings. The van der Waals surface area contributed by atoms with Gasteiger partial charge in [-0.3, -0.25) is 0 Å². The van der Waals surface area contributed by atoms with Crippen molar-refractivity contribution in [2.24, 2.45) is 0 Å². The molecule has 0 fully saturated rings. The van der Waals surface area contributed by atoms with Crippen molar-refractivity contribution in [3.05, 3.63) is 77.6 Å². The van der Waals surface area contributed by atoms with E-state index in [0.29, 0.717) is 11.1 Å². The molecule has 0 aliphatic carbocycles. The second-order valence-corrected chi connectivity index (χ2v) is 3.74. The summed E-state index contributed by atoms with van der Waals surface area (Å²) in [5, 5.41) is 8.90. The Balaban J connectivity index is 2.59. The predicted molar refractivity (Wildman–Crippen MR) is 67.6 cm³/mol. The van der Waals surface area contributed by atoms with Gasteiger partial charge in [0.15, 0.2) is 0 Å². The number of hydrogen-bond acceptors (Lipinski definition) is 1. The minimum atomic E-state index is -1.10. The van der Waals surface area contributed by atoms with E-state index in [2.05, 4.69) is 0 Å². The Morgan fingerprint density at radius 2 is 1.61 bits per heavy atom. The maximum atomic E-state index is 13.7. The maximum absolute atomic E-state index is 13.7. The fraction of sp³-hybridized carbons (Fsp3) is 0. The zero-order valence-corrected chi connectivity index (χ0v) is 9.51. The van der Waals surface area contributed by atoms with Crippen molar-refractivity contribution in [3.63, 3.8) is 0 Å². The third-order valence-electron chi connectivity index (χ3n) is 2.52. The van der Waals surface area contributed by atoms with Gasteiger partial charge in [-0.05, 0) is 17.2 Å². The van der Waals surface area contributed by atoms with Gasteiger partial charge in [0.25, 0.3) is 0 Å². The van der Waals surface area contributed by atoms with E-state index in [1.165, 1.54) is 6.07 Å². The van der Waals surface area contributed by atoms with Crippen LogP contribution >= 0.6 is 0 Å². The van der Waals surface area contributed by atoms with Crippen molar-refractivity contribution in [2.75, 3.05) is 0 Å². The Morgan fingerprint density at radius 1 is 1.00 bits per heavy atom. The van der Waals surface area contributed by atoms with Gasteiger partial charge in [0.1, 0.15) is 5.82 Å². The summed E-state index contributed by atoms with van der Waals surface area (Å²) < 4.78 is 13.7. The van der Waals surface area contributed by atoms with Gasteiger partial charge in [-0.2, -0.15) is 0 Å². The molecule has 2 aromatic rings. The Kier molecular flexibility index (Phi) is 3.53. The summed E-state index contributed by atoms with van der Waals surface area (Å²) in [6.07, 6.45) is 1.02. The van der Waals surface area contributed by atoms with Crippen LogP contribution < -0.4 is 0 Å². The van der Waals surface area contributed by atoms with Crippen molar-refractivity contribution >= 4 is 11.5 Å². The van der Waals surface area contributed by atoms with E-state index in [4.69, 9.17) is 5.11 Å². The molecule has 2 nitrogen and oxygen atoms in total. The van der Waals surface area contributed by atoms with Crippen LogP contribution in [0.2, 0.25) is 0 Å². The molecule has 0 aliphatic heterocycles. The molecule has 0 saturated heterocycles. The lowest BCUT2D eigenvalue weighted by atomic mass is 9.97. The number of carboxylic acids is 1. The highest BCUT2D eigenvalue weighted by molar-refractivity contribution is 5.95. The van der Waals surface area contributed by atoms with Gasteiger partial charge in [0.05, 0.1) is 0 Å². The molecule has 3 heteroatoms. The second-order valence-electron chi connectivity index (χ2n) is 3.74. The van der Waals surface area contributed by atoms with Crippen LogP contribution in [0.5, 0.6) is 0 Å². The van der Waals surface area contributed by atoms with Gasteiger partial charge in [-0.15, -0.1) is 0 Å². The normalized spacial score (nSPS) is 11.3. The van der Waals surface area contributed by atoms with E-state index in [1.54, 1.807) is 42.5 Å². The fourth-order valence-electron chi connectivity index (χ4n) is 1.74. The molecule has 0 heterocycles. The lowest BCUT2D eigenvalue weighted by Crippen LogP contribution is -1.96. The molecule has 0 aromatic heterocycles. The second kappa shape index (κ2) is 5.27. The monoisotopic (exact) mass is 242 g/mol. The topological polar surface area (TPSA) is 37.3 Å². The molecule has 0 amide bonds. The minimum Gasteiger partial charge on any atom is -0.478 e. The molecule has 0 atom stereocenters. The predicted octanol–water partition coefficient (Wildman–Crippen LogP) is 3.34. The van der Waals surface area contributed by atoms with Crippen LogP contribution in [0.1, 0.15) is 11.1 Å². The van der Waals surface area contributed by atoms with E-state index in [0.717, 1.165) is 6.08 Å².